The summed E-state index contributed by atoms with van der Waals surface area (Å²) in [6, 6.07) is 9.74. The smallest absolute Gasteiger partial charge is 0.226 e. The van der Waals surface area contributed by atoms with Crippen LogP contribution >= 0.6 is 0 Å². The van der Waals surface area contributed by atoms with Gasteiger partial charge in [0.05, 0.1) is 0 Å². The van der Waals surface area contributed by atoms with Gasteiger partial charge in [-0.15, -0.1) is 0 Å². The Bertz CT molecular complexity index is 282. The molecule has 0 N–H and O–H groups in total. The second-order valence-electron chi connectivity index (χ2n) is 3.39. The van der Waals surface area contributed by atoms with Gasteiger partial charge in [0.15, 0.2) is 0 Å². The van der Waals surface area contributed by atoms with Gasteiger partial charge in [0, 0.05) is 19.2 Å². The highest BCUT2D eigenvalue weighted by molar-refractivity contribution is 5.92. The van der Waals surface area contributed by atoms with E-state index in [9.17, 15) is 4.79 Å². The van der Waals surface area contributed by atoms with Crippen molar-refractivity contribution in [2.45, 2.75) is 40.0 Å². The quantitative estimate of drug-likeness (QED) is 0.756. The second-order valence-corrected chi connectivity index (χ2v) is 3.39. The molecule has 0 aromatic heterocycles. The molecule has 0 unspecified atom stereocenters. The van der Waals surface area contributed by atoms with E-state index in [0.717, 1.165) is 18.5 Å². The molecule has 0 aliphatic heterocycles. The number of unbranched alkanes of at least 4 members (excludes halogenated alkanes) is 1. The fourth-order valence-corrected chi connectivity index (χ4v) is 1.29. The highest BCUT2D eigenvalue weighted by Gasteiger charge is 2.08. The topological polar surface area (TPSA) is 20.3 Å². The molecular formula is C14H23NO. The lowest BCUT2D eigenvalue weighted by molar-refractivity contribution is -0.118. The number of para-hydroxylation sites is 1. The Kier molecular flexibility index (Phi) is 8.22. The van der Waals surface area contributed by atoms with Crippen molar-refractivity contribution in [3.8, 4) is 0 Å². The van der Waals surface area contributed by atoms with Gasteiger partial charge >= 0.3 is 0 Å². The number of rotatable bonds is 4. The predicted molar refractivity (Wildman–Crippen MR) is 70.7 cm³/mol. The fourth-order valence-electron chi connectivity index (χ4n) is 1.29. The average Bonchev–Trinajstić information content (AvgIpc) is 2.38. The summed E-state index contributed by atoms with van der Waals surface area (Å²) in [7, 11) is 1.83. The van der Waals surface area contributed by atoms with Gasteiger partial charge in [0.2, 0.25) is 5.91 Å². The summed E-state index contributed by atoms with van der Waals surface area (Å²) in [6.45, 7) is 6.09. The largest absolute Gasteiger partial charge is 0.316 e. The third kappa shape index (κ3) is 4.96. The molecule has 16 heavy (non-hydrogen) atoms. The van der Waals surface area contributed by atoms with Crippen LogP contribution in [0.3, 0.4) is 0 Å². The Balaban J connectivity index is 0.00000106. The maximum atomic E-state index is 11.6. The molecule has 1 aromatic rings. The van der Waals surface area contributed by atoms with Crippen molar-refractivity contribution in [2.75, 3.05) is 11.9 Å². The minimum atomic E-state index is 0.193. The van der Waals surface area contributed by atoms with E-state index in [1.807, 2.05) is 51.2 Å². The molecule has 0 heterocycles. The molecule has 1 amide bonds. The van der Waals surface area contributed by atoms with Crippen LogP contribution in [0.1, 0.15) is 40.0 Å². The van der Waals surface area contributed by atoms with Crippen LogP contribution in [-0.4, -0.2) is 13.0 Å². The molecule has 0 bridgehead atoms. The molecule has 0 spiro atoms. The summed E-state index contributed by atoms with van der Waals surface area (Å²) < 4.78 is 0. The van der Waals surface area contributed by atoms with E-state index in [4.69, 9.17) is 0 Å². The van der Waals surface area contributed by atoms with Gasteiger partial charge in [-0.2, -0.15) is 0 Å². The summed E-state index contributed by atoms with van der Waals surface area (Å²) in [5, 5.41) is 0. The number of amides is 1. The first-order chi connectivity index (χ1) is 7.75. The third-order valence-corrected chi connectivity index (χ3v) is 2.26. The summed E-state index contributed by atoms with van der Waals surface area (Å²) in [6.07, 6.45) is 2.67. The van der Waals surface area contributed by atoms with Gasteiger partial charge in [0.25, 0.3) is 0 Å². The minimum absolute atomic E-state index is 0.193. The molecular weight excluding hydrogens is 198 g/mol. The number of benzene rings is 1. The van der Waals surface area contributed by atoms with E-state index < -0.39 is 0 Å². The predicted octanol–water partition coefficient (Wildman–Crippen LogP) is 3.87. The van der Waals surface area contributed by atoms with Crippen LogP contribution in [0.5, 0.6) is 0 Å². The van der Waals surface area contributed by atoms with Gasteiger partial charge < -0.3 is 4.90 Å². The zero-order valence-corrected chi connectivity index (χ0v) is 10.9. The standard InChI is InChI=1S/C12H17NO.C2H6/c1-3-4-10-12(14)13(2)11-8-6-5-7-9-11;1-2/h5-9H,3-4,10H2,1-2H3;1-2H3. The van der Waals surface area contributed by atoms with Crippen LogP contribution in [0, 0.1) is 0 Å². The van der Waals surface area contributed by atoms with E-state index in [1.54, 1.807) is 4.90 Å². The van der Waals surface area contributed by atoms with Crippen LogP contribution in [0.15, 0.2) is 30.3 Å². The number of nitrogens with zero attached hydrogens (tertiary/aromatic N) is 1. The van der Waals surface area contributed by atoms with Crippen molar-refractivity contribution in [1.82, 2.24) is 0 Å². The summed E-state index contributed by atoms with van der Waals surface area (Å²) >= 11 is 0. The first kappa shape index (κ1) is 14.7. The fraction of sp³-hybridized carbons (Fsp3) is 0.500. The number of anilines is 1. The van der Waals surface area contributed by atoms with E-state index in [2.05, 4.69) is 6.92 Å². The lowest BCUT2D eigenvalue weighted by Gasteiger charge is -2.16. The maximum Gasteiger partial charge on any atom is 0.226 e. The van der Waals surface area contributed by atoms with E-state index in [-0.39, 0.29) is 5.91 Å². The molecule has 0 aliphatic rings. The van der Waals surface area contributed by atoms with Crippen molar-refractivity contribution < 1.29 is 4.79 Å². The Hall–Kier alpha value is -1.31. The lowest BCUT2D eigenvalue weighted by atomic mass is 10.2. The normalized spacial score (nSPS) is 9.00. The van der Waals surface area contributed by atoms with Gasteiger partial charge in [0.1, 0.15) is 0 Å². The van der Waals surface area contributed by atoms with Crippen LogP contribution in [0.2, 0.25) is 0 Å². The van der Waals surface area contributed by atoms with Gasteiger partial charge in [-0.1, -0.05) is 45.4 Å². The summed E-state index contributed by atoms with van der Waals surface area (Å²) in [5.41, 5.74) is 0.966. The monoisotopic (exact) mass is 221 g/mol. The zero-order chi connectivity index (χ0) is 12.4. The lowest BCUT2D eigenvalue weighted by Crippen LogP contribution is -2.25. The molecule has 0 radical (unpaired) electrons. The average molecular weight is 221 g/mol. The van der Waals surface area contributed by atoms with E-state index in [0.29, 0.717) is 6.42 Å². The maximum absolute atomic E-state index is 11.6. The highest BCUT2D eigenvalue weighted by atomic mass is 16.2. The Labute approximate surface area is 99.3 Å². The van der Waals surface area contributed by atoms with Gasteiger partial charge in [-0.05, 0) is 18.6 Å². The second kappa shape index (κ2) is 8.96. The van der Waals surface area contributed by atoms with Crippen molar-refractivity contribution >= 4 is 11.6 Å². The molecule has 0 saturated carbocycles. The minimum Gasteiger partial charge on any atom is -0.316 e. The molecule has 0 atom stereocenters. The Morgan fingerprint density at radius 3 is 2.25 bits per heavy atom. The third-order valence-electron chi connectivity index (χ3n) is 2.26. The molecule has 2 heteroatoms. The molecule has 0 fully saturated rings. The van der Waals surface area contributed by atoms with Gasteiger partial charge in [-0.3, -0.25) is 4.79 Å². The molecule has 1 aromatic carbocycles. The van der Waals surface area contributed by atoms with Crippen LogP contribution in [0.25, 0.3) is 0 Å². The van der Waals surface area contributed by atoms with Crippen LogP contribution in [0.4, 0.5) is 5.69 Å². The SMILES string of the molecule is CC.CCCCC(=O)N(C)c1ccccc1. The van der Waals surface area contributed by atoms with Crippen LogP contribution < -0.4 is 4.90 Å². The number of carbonyl (C=O) groups is 1. The van der Waals surface area contributed by atoms with Crippen molar-refractivity contribution in [3.05, 3.63) is 30.3 Å². The number of carbonyl (C=O) groups excluding carboxylic acids is 1. The van der Waals surface area contributed by atoms with E-state index >= 15 is 0 Å². The Morgan fingerprint density at radius 1 is 1.19 bits per heavy atom. The number of hydrogen-bond acceptors (Lipinski definition) is 1. The molecule has 2 nitrogen and oxygen atoms in total. The van der Waals surface area contributed by atoms with E-state index in [1.165, 1.54) is 0 Å². The number of hydrogen-bond donors (Lipinski definition) is 0. The van der Waals surface area contributed by atoms with Crippen molar-refractivity contribution in [2.24, 2.45) is 0 Å². The first-order valence-electron chi connectivity index (χ1n) is 6.07. The van der Waals surface area contributed by atoms with Crippen LogP contribution in [-0.2, 0) is 4.79 Å². The molecule has 0 saturated heterocycles. The highest BCUT2D eigenvalue weighted by Crippen LogP contribution is 2.12. The van der Waals surface area contributed by atoms with Gasteiger partial charge in [-0.25, -0.2) is 0 Å². The van der Waals surface area contributed by atoms with Crippen molar-refractivity contribution in [3.63, 3.8) is 0 Å². The molecule has 1 rings (SSSR count). The zero-order valence-electron chi connectivity index (χ0n) is 10.9. The summed E-state index contributed by atoms with van der Waals surface area (Å²) in [5.74, 6) is 0.193. The molecule has 0 aliphatic carbocycles. The van der Waals surface area contributed by atoms with Crippen molar-refractivity contribution in [1.29, 1.82) is 0 Å². The Morgan fingerprint density at radius 2 is 1.75 bits per heavy atom. The summed E-state index contributed by atoms with van der Waals surface area (Å²) in [4.78, 5) is 13.3. The first-order valence-corrected chi connectivity index (χ1v) is 6.07. The molecule has 90 valence electrons.